The number of carbonyl (C=O) groups is 3. The van der Waals surface area contributed by atoms with Gasteiger partial charge in [0, 0.05) is 18.7 Å². The fraction of sp³-hybridized carbons (Fsp3) is 0.429. The molecular formula is C21H26N4O4. The molecule has 1 aliphatic rings. The molecule has 1 aliphatic carbocycles. The predicted molar refractivity (Wildman–Crippen MR) is 106 cm³/mol. The van der Waals surface area contributed by atoms with E-state index in [9.17, 15) is 19.5 Å². The van der Waals surface area contributed by atoms with Crippen LogP contribution in [-0.2, 0) is 22.6 Å². The normalized spacial score (nSPS) is 15.4. The van der Waals surface area contributed by atoms with Crippen LogP contribution in [0.1, 0.15) is 48.0 Å². The Hall–Kier alpha value is -3.16. The van der Waals surface area contributed by atoms with Crippen molar-refractivity contribution in [2.24, 2.45) is 0 Å². The average molecular weight is 398 g/mol. The van der Waals surface area contributed by atoms with Crippen LogP contribution >= 0.6 is 0 Å². The number of carboxylic acid groups (broad SMARTS) is 1. The van der Waals surface area contributed by atoms with Crippen LogP contribution in [0.25, 0.3) is 0 Å². The molecule has 29 heavy (non-hydrogen) atoms. The van der Waals surface area contributed by atoms with Gasteiger partial charge in [-0.25, -0.2) is 4.79 Å². The summed E-state index contributed by atoms with van der Waals surface area (Å²) < 4.78 is 1.39. The van der Waals surface area contributed by atoms with E-state index >= 15 is 0 Å². The van der Waals surface area contributed by atoms with Gasteiger partial charge in [-0.3, -0.25) is 14.3 Å². The largest absolute Gasteiger partial charge is 0.480 e. The van der Waals surface area contributed by atoms with Gasteiger partial charge in [0.05, 0.1) is 11.8 Å². The van der Waals surface area contributed by atoms with Gasteiger partial charge in [-0.1, -0.05) is 49.6 Å². The molecule has 1 unspecified atom stereocenters. The fourth-order valence-corrected chi connectivity index (χ4v) is 3.53. The van der Waals surface area contributed by atoms with E-state index in [-0.39, 0.29) is 30.5 Å². The van der Waals surface area contributed by atoms with Crippen LogP contribution in [0.15, 0.2) is 42.7 Å². The zero-order chi connectivity index (χ0) is 20.6. The second-order valence-electron chi connectivity index (χ2n) is 7.38. The topological polar surface area (TPSA) is 113 Å². The monoisotopic (exact) mass is 398 g/mol. The number of hydrogen-bond donors (Lipinski definition) is 3. The van der Waals surface area contributed by atoms with Crippen molar-refractivity contribution in [2.45, 2.75) is 57.2 Å². The van der Waals surface area contributed by atoms with Crippen LogP contribution in [0.5, 0.6) is 0 Å². The minimum atomic E-state index is -1.11. The van der Waals surface area contributed by atoms with Gasteiger partial charge in [0.15, 0.2) is 0 Å². The maximum Gasteiger partial charge on any atom is 0.326 e. The Kier molecular flexibility index (Phi) is 6.99. The molecule has 3 rings (SSSR count). The summed E-state index contributed by atoms with van der Waals surface area (Å²) in [5.74, 6) is -1.78. The van der Waals surface area contributed by atoms with Crippen molar-refractivity contribution in [3.63, 3.8) is 0 Å². The molecule has 1 saturated carbocycles. The molecule has 1 fully saturated rings. The van der Waals surface area contributed by atoms with Crippen LogP contribution in [0.4, 0.5) is 0 Å². The number of rotatable bonds is 8. The van der Waals surface area contributed by atoms with Crippen molar-refractivity contribution in [1.29, 1.82) is 0 Å². The molecule has 3 N–H and O–H groups in total. The van der Waals surface area contributed by atoms with Gasteiger partial charge in [0.25, 0.3) is 5.91 Å². The molecule has 0 aliphatic heterocycles. The maximum absolute atomic E-state index is 12.4. The number of hydrogen-bond acceptors (Lipinski definition) is 4. The van der Waals surface area contributed by atoms with Crippen molar-refractivity contribution in [2.75, 3.05) is 0 Å². The van der Waals surface area contributed by atoms with Gasteiger partial charge in [-0.2, -0.15) is 5.10 Å². The number of aromatic nitrogens is 2. The Morgan fingerprint density at radius 1 is 1.14 bits per heavy atom. The van der Waals surface area contributed by atoms with Crippen LogP contribution in [0.2, 0.25) is 0 Å². The summed E-state index contributed by atoms with van der Waals surface area (Å²) in [5, 5.41) is 19.0. The van der Waals surface area contributed by atoms with Crippen molar-refractivity contribution in [1.82, 2.24) is 20.4 Å². The number of carbonyl (C=O) groups excluding carboxylic acids is 2. The van der Waals surface area contributed by atoms with E-state index in [4.69, 9.17) is 0 Å². The molecule has 1 heterocycles. The summed E-state index contributed by atoms with van der Waals surface area (Å²) in [6, 6.07) is 8.26. The molecule has 8 heteroatoms. The van der Waals surface area contributed by atoms with E-state index in [0.29, 0.717) is 0 Å². The highest BCUT2D eigenvalue weighted by atomic mass is 16.4. The molecule has 0 radical (unpaired) electrons. The lowest BCUT2D eigenvalue weighted by Gasteiger charge is -2.22. The first-order valence-corrected chi connectivity index (χ1v) is 9.90. The summed E-state index contributed by atoms with van der Waals surface area (Å²) in [4.78, 5) is 36.1. The second kappa shape index (κ2) is 9.86. The molecule has 154 valence electrons. The van der Waals surface area contributed by atoms with Gasteiger partial charge < -0.3 is 15.7 Å². The zero-order valence-corrected chi connectivity index (χ0v) is 16.2. The Bertz CT molecular complexity index is 843. The SMILES string of the molecule is O=C(Cn1cc(C(=O)NC(Cc2ccccc2)C(=O)O)cn1)NC1CCCCC1. The third kappa shape index (κ3) is 6.17. The second-order valence-corrected chi connectivity index (χ2v) is 7.38. The van der Waals surface area contributed by atoms with Crippen molar-refractivity contribution in [3.8, 4) is 0 Å². The maximum atomic E-state index is 12.4. The smallest absolute Gasteiger partial charge is 0.326 e. The number of benzene rings is 1. The molecule has 8 nitrogen and oxygen atoms in total. The summed E-state index contributed by atoms with van der Waals surface area (Å²) in [6.07, 6.45) is 8.44. The Morgan fingerprint density at radius 2 is 1.86 bits per heavy atom. The molecule has 0 saturated heterocycles. The van der Waals surface area contributed by atoms with Crippen LogP contribution in [0, 0.1) is 0 Å². The summed E-state index contributed by atoms with van der Waals surface area (Å²) >= 11 is 0. The van der Waals surface area contributed by atoms with E-state index in [0.717, 1.165) is 31.2 Å². The predicted octanol–water partition coefficient (Wildman–Crippen LogP) is 1.76. The number of aliphatic carboxylic acids is 1. The van der Waals surface area contributed by atoms with Crippen LogP contribution in [0.3, 0.4) is 0 Å². The van der Waals surface area contributed by atoms with E-state index in [2.05, 4.69) is 15.7 Å². The van der Waals surface area contributed by atoms with Gasteiger partial charge in [-0.05, 0) is 18.4 Å². The lowest BCUT2D eigenvalue weighted by atomic mass is 9.95. The molecule has 0 bridgehead atoms. The Labute approximate surface area is 169 Å². The van der Waals surface area contributed by atoms with Gasteiger partial charge in [-0.15, -0.1) is 0 Å². The highest BCUT2D eigenvalue weighted by molar-refractivity contribution is 5.96. The van der Waals surface area contributed by atoms with E-state index < -0.39 is 17.9 Å². The van der Waals surface area contributed by atoms with Gasteiger partial charge >= 0.3 is 5.97 Å². The summed E-state index contributed by atoms with van der Waals surface area (Å²) in [5.41, 5.74) is 1.03. The Balaban J connectivity index is 1.54. The molecule has 1 atom stereocenters. The molecule has 0 spiro atoms. The molecule has 2 aromatic rings. The molecule has 2 amide bonds. The average Bonchev–Trinajstić information content (AvgIpc) is 3.17. The lowest BCUT2D eigenvalue weighted by molar-refractivity contribution is -0.139. The molecule has 1 aromatic heterocycles. The Morgan fingerprint density at radius 3 is 2.55 bits per heavy atom. The standard InChI is InChI=1S/C21H26N4O4/c26-19(23-17-9-5-2-6-10-17)14-25-13-16(12-22-25)20(27)24-18(21(28)29)11-15-7-3-1-4-8-15/h1,3-4,7-8,12-13,17-18H,2,5-6,9-11,14H2,(H,23,26)(H,24,27)(H,28,29). The number of nitrogens with one attached hydrogen (secondary N) is 2. The summed E-state index contributed by atoms with van der Waals surface area (Å²) in [6.45, 7) is 0.0240. The minimum absolute atomic E-state index is 0.0240. The first-order chi connectivity index (χ1) is 14.0. The molecule has 1 aromatic carbocycles. The van der Waals surface area contributed by atoms with E-state index in [1.807, 2.05) is 30.3 Å². The highest BCUT2D eigenvalue weighted by Gasteiger charge is 2.22. The third-order valence-corrected chi connectivity index (χ3v) is 5.06. The zero-order valence-electron chi connectivity index (χ0n) is 16.2. The van der Waals surface area contributed by atoms with Gasteiger partial charge in [0.1, 0.15) is 12.6 Å². The minimum Gasteiger partial charge on any atom is -0.480 e. The highest BCUT2D eigenvalue weighted by Crippen LogP contribution is 2.17. The van der Waals surface area contributed by atoms with Gasteiger partial charge in [0.2, 0.25) is 5.91 Å². The van der Waals surface area contributed by atoms with Crippen LogP contribution in [-0.4, -0.2) is 44.8 Å². The summed E-state index contributed by atoms with van der Waals surface area (Å²) in [7, 11) is 0. The first kappa shape index (κ1) is 20.6. The van der Waals surface area contributed by atoms with E-state index in [1.165, 1.54) is 23.5 Å². The fourth-order valence-electron chi connectivity index (χ4n) is 3.53. The number of carboxylic acids is 1. The number of nitrogens with zero attached hydrogens (tertiary/aromatic N) is 2. The van der Waals surface area contributed by atoms with Crippen LogP contribution < -0.4 is 10.6 Å². The first-order valence-electron chi connectivity index (χ1n) is 9.90. The van der Waals surface area contributed by atoms with Crippen molar-refractivity contribution in [3.05, 3.63) is 53.9 Å². The van der Waals surface area contributed by atoms with E-state index in [1.54, 1.807) is 0 Å². The van der Waals surface area contributed by atoms with Crippen molar-refractivity contribution >= 4 is 17.8 Å². The number of amides is 2. The van der Waals surface area contributed by atoms with Crippen molar-refractivity contribution < 1.29 is 19.5 Å². The quantitative estimate of drug-likeness (QED) is 0.627. The lowest BCUT2D eigenvalue weighted by Crippen LogP contribution is -2.42. The molecular weight excluding hydrogens is 372 g/mol. The third-order valence-electron chi connectivity index (χ3n) is 5.06.